The number of para-hydroxylation sites is 1. The molecule has 0 aliphatic carbocycles. The van der Waals surface area contributed by atoms with Crippen LogP contribution in [-0.2, 0) is 16.0 Å². The summed E-state index contributed by atoms with van der Waals surface area (Å²) in [5, 5.41) is 5.04. The second-order valence-electron chi connectivity index (χ2n) is 8.15. The van der Waals surface area contributed by atoms with Gasteiger partial charge in [0.05, 0.1) is 5.71 Å². The van der Waals surface area contributed by atoms with E-state index in [1.807, 2.05) is 18.2 Å². The molecule has 1 aromatic heterocycles. The van der Waals surface area contributed by atoms with Crippen molar-refractivity contribution in [1.82, 2.24) is 14.9 Å². The van der Waals surface area contributed by atoms with Gasteiger partial charge < -0.3 is 15.4 Å². The molecule has 2 atom stereocenters. The molecule has 2 N–H and O–H groups in total. The Kier molecular flexibility index (Phi) is 6.64. The Labute approximate surface area is 190 Å². The Morgan fingerprint density at radius 1 is 1.18 bits per heavy atom. The number of benzene rings is 1. The number of nitrogens with two attached hydrogens (primary N) is 1. The lowest BCUT2D eigenvalue weighted by molar-refractivity contribution is -0.142. The van der Waals surface area contributed by atoms with Gasteiger partial charge in [0.2, 0.25) is 5.91 Å². The van der Waals surface area contributed by atoms with E-state index in [0.717, 1.165) is 5.01 Å². The van der Waals surface area contributed by atoms with Gasteiger partial charge in [-0.25, -0.2) is 13.8 Å². The first-order valence-electron chi connectivity index (χ1n) is 10.7. The number of halogens is 2. The van der Waals surface area contributed by atoms with E-state index in [1.54, 1.807) is 36.5 Å². The van der Waals surface area contributed by atoms with Gasteiger partial charge >= 0.3 is 0 Å². The Morgan fingerprint density at radius 2 is 1.94 bits per heavy atom. The third-order valence-electron chi connectivity index (χ3n) is 5.84. The summed E-state index contributed by atoms with van der Waals surface area (Å²) < 4.78 is 31.7. The summed E-state index contributed by atoms with van der Waals surface area (Å²) in [5.41, 5.74) is 5.98. The maximum atomic E-state index is 13.3. The van der Waals surface area contributed by atoms with Gasteiger partial charge in [-0.1, -0.05) is 24.3 Å². The van der Waals surface area contributed by atoms with Crippen LogP contribution in [0, 0.1) is 5.41 Å². The maximum Gasteiger partial charge on any atom is 0.258 e. The minimum atomic E-state index is -2.72. The molecule has 10 heteroatoms. The van der Waals surface area contributed by atoms with Gasteiger partial charge in [-0.15, -0.1) is 0 Å². The molecular formula is C23H25F2N5O3. The Hall–Kier alpha value is -3.40. The van der Waals surface area contributed by atoms with Crippen molar-refractivity contribution in [3.63, 3.8) is 0 Å². The largest absolute Gasteiger partial charge is 0.491 e. The predicted molar refractivity (Wildman–Crippen MR) is 117 cm³/mol. The number of nitrogens with zero attached hydrogens (tertiary/aromatic N) is 4. The van der Waals surface area contributed by atoms with Crippen molar-refractivity contribution in [3.05, 3.63) is 60.4 Å². The first-order chi connectivity index (χ1) is 15.9. The third-order valence-corrected chi connectivity index (χ3v) is 5.84. The molecule has 8 nitrogen and oxygen atoms in total. The predicted octanol–water partition coefficient (Wildman–Crippen LogP) is 1.71. The van der Waals surface area contributed by atoms with Gasteiger partial charge in [0, 0.05) is 37.8 Å². The molecule has 174 valence electrons. The Bertz CT molecular complexity index is 1020. The van der Waals surface area contributed by atoms with Crippen molar-refractivity contribution < 1.29 is 23.1 Å². The van der Waals surface area contributed by atoms with E-state index in [0.29, 0.717) is 17.2 Å². The lowest BCUT2D eigenvalue weighted by atomic mass is 9.74. The van der Waals surface area contributed by atoms with Gasteiger partial charge in [0.15, 0.2) is 0 Å². The van der Waals surface area contributed by atoms with E-state index in [-0.39, 0.29) is 38.4 Å². The number of hydrogen-bond donors (Lipinski definition) is 1. The van der Waals surface area contributed by atoms with Gasteiger partial charge in [-0.3, -0.25) is 14.6 Å². The molecular weight excluding hydrogens is 432 g/mol. The van der Waals surface area contributed by atoms with Crippen LogP contribution in [0.3, 0.4) is 0 Å². The number of amides is 2. The van der Waals surface area contributed by atoms with Crippen LogP contribution in [0.5, 0.6) is 5.75 Å². The van der Waals surface area contributed by atoms with Gasteiger partial charge in [0.1, 0.15) is 30.4 Å². The number of aromatic nitrogens is 1. The van der Waals surface area contributed by atoms with Crippen molar-refractivity contribution in [2.24, 2.45) is 16.3 Å². The third kappa shape index (κ3) is 4.85. The average Bonchev–Trinajstić information content (AvgIpc) is 3.08. The molecule has 4 rings (SSSR count). The molecule has 33 heavy (non-hydrogen) atoms. The monoisotopic (exact) mass is 457 g/mol. The molecule has 0 saturated carbocycles. The number of ether oxygens (including phenoxy) is 1. The Balaban J connectivity index is 1.52. The molecule has 0 spiro atoms. The van der Waals surface area contributed by atoms with E-state index in [2.05, 4.69) is 10.1 Å². The van der Waals surface area contributed by atoms with Crippen molar-refractivity contribution in [2.75, 3.05) is 26.2 Å². The van der Waals surface area contributed by atoms with Gasteiger partial charge in [-0.2, -0.15) is 5.10 Å². The second-order valence-corrected chi connectivity index (χ2v) is 8.15. The van der Waals surface area contributed by atoms with Crippen molar-refractivity contribution >= 4 is 17.5 Å². The molecule has 1 saturated heterocycles. The molecule has 2 aromatic rings. The van der Waals surface area contributed by atoms with Crippen LogP contribution in [0.4, 0.5) is 8.78 Å². The number of fused-ring (bicyclic) bond motifs is 1. The summed E-state index contributed by atoms with van der Waals surface area (Å²) in [6.07, 6.45) is -0.672. The van der Waals surface area contributed by atoms with Crippen LogP contribution >= 0.6 is 0 Å². The highest BCUT2D eigenvalue weighted by molar-refractivity contribution is 6.13. The van der Waals surface area contributed by atoms with E-state index in [4.69, 9.17) is 10.5 Å². The normalized spacial score (nSPS) is 21.1. The highest BCUT2D eigenvalue weighted by atomic mass is 19.3. The zero-order valence-corrected chi connectivity index (χ0v) is 17.9. The van der Waals surface area contributed by atoms with Crippen LogP contribution in [0.2, 0.25) is 0 Å². The first-order valence-corrected chi connectivity index (χ1v) is 10.7. The number of piperidine rings is 1. The molecule has 1 fully saturated rings. The fraction of sp³-hybridized carbons (Fsp3) is 0.391. The topological polar surface area (TPSA) is 101 Å². The SMILES string of the molecule is NC(COc1ccccc1)C(=O)N1CCC2=NN(CC(F)F)C(=O)[C@]2(Cc2ccccn2)C1. The molecule has 2 aliphatic rings. The van der Waals surface area contributed by atoms with Crippen LogP contribution in [0.25, 0.3) is 0 Å². The quantitative estimate of drug-likeness (QED) is 0.651. The summed E-state index contributed by atoms with van der Waals surface area (Å²) in [7, 11) is 0. The summed E-state index contributed by atoms with van der Waals surface area (Å²) >= 11 is 0. The lowest BCUT2D eigenvalue weighted by Crippen LogP contribution is -2.59. The highest BCUT2D eigenvalue weighted by Gasteiger charge is 2.55. The number of likely N-dealkylation sites (tertiary alicyclic amines) is 1. The molecule has 2 amide bonds. The fourth-order valence-electron chi connectivity index (χ4n) is 4.25. The maximum absolute atomic E-state index is 13.3. The number of rotatable bonds is 8. The van der Waals surface area contributed by atoms with Crippen molar-refractivity contribution in [3.8, 4) is 5.75 Å². The number of hydrogen-bond acceptors (Lipinski definition) is 6. The number of pyridine rings is 1. The van der Waals surface area contributed by atoms with E-state index < -0.39 is 30.3 Å². The number of carbonyl (C=O) groups excluding carboxylic acids is 2. The number of alkyl halides is 2. The molecule has 3 heterocycles. The average molecular weight is 457 g/mol. The number of carbonyl (C=O) groups is 2. The lowest BCUT2D eigenvalue weighted by Gasteiger charge is -2.40. The van der Waals surface area contributed by atoms with Gasteiger partial charge in [-0.05, 0) is 24.3 Å². The van der Waals surface area contributed by atoms with Crippen LogP contribution in [-0.4, -0.2) is 71.1 Å². The zero-order chi connectivity index (χ0) is 23.4. The van der Waals surface area contributed by atoms with E-state index in [9.17, 15) is 18.4 Å². The van der Waals surface area contributed by atoms with E-state index >= 15 is 0 Å². The molecule has 1 aromatic carbocycles. The van der Waals surface area contributed by atoms with E-state index in [1.165, 1.54) is 4.90 Å². The Morgan fingerprint density at radius 3 is 2.64 bits per heavy atom. The van der Waals surface area contributed by atoms with Crippen molar-refractivity contribution in [1.29, 1.82) is 0 Å². The molecule has 0 bridgehead atoms. The van der Waals surface area contributed by atoms with Crippen LogP contribution in [0.1, 0.15) is 12.1 Å². The number of hydrazone groups is 1. The minimum absolute atomic E-state index is 0.00114. The van der Waals surface area contributed by atoms with Gasteiger partial charge in [0.25, 0.3) is 12.3 Å². The first kappa shape index (κ1) is 22.8. The second kappa shape index (κ2) is 9.62. The fourth-order valence-corrected chi connectivity index (χ4v) is 4.25. The summed E-state index contributed by atoms with van der Waals surface area (Å²) in [5.74, 6) is -0.324. The summed E-state index contributed by atoms with van der Waals surface area (Å²) in [4.78, 5) is 32.2. The smallest absolute Gasteiger partial charge is 0.258 e. The highest BCUT2D eigenvalue weighted by Crippen LogP contribution is 2.38. The van der Waals surface area contributed by atoms with Crippen molar-refractivity contribution in [2.45, 2.75) is 25.3 Å². The standard InChI is InChI=1S/C23H25F2N5O3/c24-20(25)13-30-22(32)23(12-16-6-4-5-10-27-16)15-29(11-9-19(23)28-30)21(31)18(26)14-33-17-7-2-1-3-8-17/h1-8,10,18,20H,9,11-15,26H2/t18?,23-/m1/s1. The van der Waals surface area contributed by atoms with Crippen LogP contribution in [0.15, 0.2) is 59.8 Å². The molecule has 1 unspecified atom stereocenters. The molecule has 2 aliphatic heterocycles. The summed E-state index contributed by atoms with van der Waals surface area (Å²) in [6.45, 7) is -0.529. The summed E-state index contributed by atoms with van der Waals surface area (Å²) in [6, 6.07) is 13.3. The molecule has 0 radical (unpaired) electrons. The zero-order valence-electron chi connectivity index (χ0n) is 17.9. The minimum Gasteiger partial charge on any atom is -0.491 e. The van der Waals surface area contributed by atoms with Crippen LogP contribution < -0.4 is 10.5 Å².